The Morgan fingerprint density at radius 2 is 2.36 bits per heavy atom. The minimum Gasteiger partial charge on any atom is -0.346 e. The van der Waals surface area contributed by atoms with E-state index < -0.39 is 0 Å². The predicted molar refractivity (Wildman–Crippen MR) is 56.9 cm³/mol. The monoisotopic (exact) mass is 185 g/mol. The number of hydrogen-bond acceptors (Lipinski definition) is 2. The molecule has 0 aliphatic carbocycles. The Morgan fingerprint density at radius 3 is 3.29 bits per heavy atom. The molecule has 1 aliphatic rings. The molecule has 0 saturated carbocycles. The van der Waals surface area contributed by atoms with E-state index >= 15 is 0 Å². The summed E-state index contributed by atoms with van der Waals surface area (Å²) < 4.78 is 2.23. The zero-order chi connectivity index (χ0) is 9.54. The maximum absolute atomic E-state index is 4.40. The smallest absolute Gasteiger partial charge is 0.0971 e. The van der Waals surface area contributed by atoms with Crippen molar-refractivity contribution in [2.24, 2.45) is 12.0 Å². The molecule has 0 amide bonds. The summed E-state index contributed by atoms with van der Waals surface area (Å²) in [7, 11) is 2.10. The van der Waals surface area contributed by atoms with Crippen molar-refractivity contribution in [1.29, 1.82) is 0 Å². The molecule has 3 nitrogen and oxygen atoms in total. The van der Waals surface area contributed by atoms with Gasteiger partial charge in [0.05, 0.1) is 11.0 Å². The van der Waals surface area contributed by atoms with Gasteiger partial charge in [0, 0.05) is 43.7 Å². The summed E-state index contributed by atoms with van der Waals surface area (Å²) in [6.45, 7) is 0.900. The average molecular weight is 185 g/mol. The van der Waals surface area contributed by atoms with Crippen LogP contribution in [0.1, 0.15) is 11.3 Å². The lowest BCUT2D eigenvalue weighted by Gasteiger charge is -2.06. The van der Waals surface area contributed by atoms with E-state index in [1.807, 2.05) is 18.5 Å². The fraction of sp³-hybridized carbons (Fsp3) is 0.273. The van der Waals surface area contributed by atoms with E-state index in [4.69, 9.17) is 0 Å². The standard InChI is InChI=1S/C11H11N3/c1-14-9-4-6-12-7-8(9)11-10(14)3-2-5-13-11/h2-3,5,7H,4,6H2,1H3. The van der Waals surface area contributed by atoms with Gasteiger partial charge in [0.25, 0.3) is 0 Å². The van der Waals surface area contributed by atoms with Crippen LogP contribution in [-0.4, -0.2) is 22.3 Å². The fourth-order valence-corrected chi connectivity index (χ4v) is 2.10. The van der Waals surface area contributed by atoms with E-state index in [9.17, 15) is 0 Å². The highest BCUT2D eigenvalue weighted by atomic mass is 15.0. The normalized spacial score (nSPS) is 14.6. The van der Waals surface area contributed by atoms with Crippen LogP contribution < -0.4 is 0 Å². The average Bonchev–Trinajstić information content (AvgIpc) is 2.55. The molecule has 0 aromatic carbocycles. The van der Waals surface area contributed by atoms with Crippen LogP contribution in [-0.2, 0) is 13.5 Å². The van der Waals surface area contributed by atoms with Gasteiger partial charge >= 0.3 is 0 Å². The highest BCUT2D eigenvalue weighted by Crippen LogP contribution is 2.23. The molecule has 3 heterocycles. The van der Waals surface area contributed by atoms with Gasteiger partial charge in [-0.05, 0) is 12.1 Å². The minimum absolute atomic E-state index is 0.900. The first kappa shape index (κ1) is 7.74. The van der Waals surface area contributed by atoms with Crippen molar-refractivity contribution in [2.45, 2.75) is 6.42 Å². The van der Waals surface area contributed by atoms with Gasteiger partial charge in [-0.3, -0.25) is 9.98 Å². The summed E-state index contributed by atoms with van der Waals surface area (Å²) in [4.78, 5) is 8.71. The molecule has 0 radical (unpaired) electrons. The molecule has 0 N–H and O–H groups in total. The van der Waals surface area contributed by atoms with Gasteiger partial charge in [-0.2, -0.15) is 0 Å². The second-order valence-electron chi connectivity index (χ2n) is 3.58. The summed E-state index contributed by atoms with van der Waals surface area (Å²) >= 11 is 0. The maximum atomic E-state index is 4.40. The van der Waals surface area contributed by atoms with Crippen LogP contribution in [0, 0.1) is 0 Å². The van der Waals surface area contributed by atoms with Crippen molar-refractivity contribution in [1.82, 2.24) is 9.55 Å². The highest BCUT2D eigenvalue weighted by Gasteiger charge is 2.15. The van der Waals surface area contributed by atoms with Gasteiger partial charge in [-0.15, -0.1) is 0 Å². The minimum atomic E-state index is 0.900. The fourth-order valence-electron chi connectivity index (χ4n) is 2.10. The first-order valence-corrected chi connectivity index (χ1v) is 4.80. The van der Waals surface area contributed by atoms with Gasteiger partial charge in [0.15, 0.2) is 0 Å². The van der Waals surface area contributed by atoms with Gasteiger partial charge in [-0.1, -0.05) is 0 Å². The molecule has 0 saturated heterocycles. The van der Waals surface area contributed by atoms with Gasteiger partial charge in [0.2, 0.25) is 0 Å². The summed E-state index contributed by atoms with van der Waals surface area (Å²) in [6, 6.07) is 4.08. The third kappa shape index (κ3) is 0.867. The highest BCUT2D eigenvalue weighted by molar-refractivity contribution is 5.99. The van der Waals surface area contributed by atoms with E-state index in [1.54, 1.807) is 0 Å². The Labute approximate surface area is 82.1 Å². The van der Waals surface area contributed by atoms with Crippen LogP contribution >= 0.6 is 0 Å². The molecule has 3 rings (SSSR count). The quantitative estimate of drug-likeness (QED) is 0.612. The number of pyridine rings is 1. The van der Waals surface area contributed by atoms with Crippen LogP contribution in [0.25, 0.3) is 11.0 Å². The van der Waals surface area contributed by atoms with Crippen LogP contribution in [0.15, 0.2) is 23.3 Å². The first-order valence-electron chi connectivity index (χ1n) is 4.80. The third-order valence-electron chi connectivity index (χ3n) is 2.82. The molecule has 0 spiro atoms. The van der Waals surface area contributed by atoms with Crippen molar-refractivity contribution >= 4 is 17.2 Å². The van der Waals surface area contributed by atoms with Crippen LogP contribution in [0.4, 0.5) is 0 Å². The third-order valence-corrected chi connectivity index (χ3v) is 2.82. The molecule has 0 unspecified atom stereocenters. The van der Waals surface area contributed by atoms with Crippen LogP contribution in [0.5, 0.6) is 0 Å². The van der Waals surface area contributed by atoms with Gasteiger partial charge in [0.1, 0.15) is 0 Å². The second kappa shape index (κ2) is 2.67. The first-order chi connectivity index (χ1) is 6.88. The predicted octanol–water partition coefficient (Wildman–Crippen LogP) is 1.55. The Bertz CT molecular complexity index is 523. The number of rotatable bonds is 0. The molecule has 14 heavy (non-hydrogen) atoms. The molecule has 3 heteroatoms. The van der Waals surface area contributed by atoms with E-state index in [0.717, 1.165) is 18.5 Å². The molecule has 0 atom stereocenters. The molecule has 0 bridgehead atoms. The number of nitrogens with zero attached hydrogens (tertiary/aromatic N) is 3. The van der Waals surface area contributed by atoms with Gasteiger partial charge < -0.3 is 4.57 Å². The Morgan fingerprint density at radius 1 is 1.43 bits per heavy atom. The molecule has 70 valence electrons. The number of aromatic nitrogens is 2. The zero-order valence-electron chi connectivity index (χ0n) is 8.07. The van der Waals surface area contributed by atoms with Crippen LogP contribution in [0.3, 0.4) is 0 Å². The number of aryl methyl sites for hydroxylation is 1. The zero-order valence-corrected chi connectivity index (χ0v) is 8.07. The number of fused-ring (bicyclic) bond motifs is 3. The molecular formula is C11H11N3. The lowest BCUT2D eigenvalue weighted by atomic mass is 10.1. The Hall–Kier alpha value is -1.64. The van der Waals surface area contributed by atoms with E-state index in [-0.39, 0.29) is 0 Å². The summed E-state index contributed by atoms with van der Waals surface area (Å²) in [5.74, 6) is 0. The van der Waals surface area contributed by atoms with Crippen LogP contribution in [0.2, 0.25) is 0 Å². The SMILES string of the molecule is Cn1c2c(c3ncccc31)C=NCC2. The Kier molecular flexibility index (Phi) is 1.48. The van der Waals surface area contributed by atoms with Crippen molar-refractivity contribution in [3.63, 3.8) is 0 Å². The molecule has 2 aromatic heterocycles. The summed E-state index contributed by atoms with van der Waals surface area (Å²) in [5.41, 5.74) is 4.84. The van der Waals surface area contributed by atoms with E-state index in [2.05, 4.69) is 27.7 Å². The number of hydrogen-bond donors (Lipinski definition) is 0. The summed E-state index contributed by atoms with van der Waals surface area (Å²) in [5, 5.41) is 0. The molecule has 1 aliphatic heterocycles. The molecule has 2 aromatic rings. The van der Waals surface area contributed by atoms with Crippen molar-refractivity contribution in [3.8, 4) is 0 Å². The van der Waals surface area contributed by atoms with Gasteiger partial charge in [-0.25, -0.2) is 0 Å². The van der Waals surface area contributed by atoms with Crippen molar-refractivity contribution in [2.75, 3.05) is 6.54 Å². The lowest BCUT2D eigenvalue weighted by molar-refractivity contribution is 0.818. The molecule has 0 fully saturated rings. The number of aliphatic imine (C=N–C) groups is 1. The van der Waals surface area contributed by atoms with Crippen molar-refractivity contribution in [3.05, 3.63) is 29.6 Å². The van der Waals surface area contributed by atoms with E-state index in [0.29, 0.717) is 0 Å². The Balaban J connectivity index is 2.48. The second-order valence-corrected chi connectivity index (χ2v) is 3.58. The van der Waals surface area contributed by atoms with Crippen molar-refractivity contribution < 1.29 is 0 Å². The summed E-state index contributed by atoms with van der Waals surface area (Å²) in [6.07, 6.45) is 4.82. The topological polar surface area (TPSA) is 30.2 Å². The molecular weight excluding hydrogens is 174 g/mol. The maximum Gasteiger partial charge on any atom is 0.0971 e. The van der Waals surface area contributed by atoms with E-state index in [1.165, 1.54) is 16.8 Å². The largest absolute Gasteiger partial charge is 0.346 e. The lowest BCUT2D eigenvalue weighted by Crippen LogP contribution is -2.05.